The topological polar surface area (TPSA) is 84.5 Å². The van der Waals surface area contributed by atoms with Crippen molar-refractivity contribution in [3.8, 4) is 28.6 Å². The first-order valence-electron chi connectivity index (χ1n) is 10.0. The number of para-hydroxylation sites is 1. The van der Waals surface area contributed by atoms with E-state index in [4.69, 9.17) is 26.4 Å². The summed E-state index contributed by atoms with van der Waals surface area (Å²) in [6, 6.07) is 16.4. The van der Waals surface area contributed by atoms with Crippen LogP contribution in [0.4, 0.5) is 5.69 Å². The molecule has 0 bridgehead atoms. The number of methoxy groups -OCH3 is 3. The minimum Gasteiger partial charge on any atom is -0.497 e. The molecule has 33 heavy (non-hydrogen) atoms. The van der Waals surface area contributed by atoms with Crippen LogP contribution in [-0.4, -0.2) is 46.4 Å². The van der Waals surface area contributed by atoms with Crippen molar-refractivity contribution in [3.63, 3.8) is 0 Å². The van der Waals surface area contributed by atoms with Gasteiger partial charge in [-0.15, -0.1) is 5.10 Å². The van der Waals surface area contributed by atoms with Gasteiger partial charge in [0.1, 0.15) is 23.8 Å². The number of aromatic nitrogens is 4. The van der Waals surface area contributed by atoms with Crippen LogP contribution in [0.15, 0.2) is 67.0 Å². The van der Waals surface area contributed by atoms with E-state index in [0.717, 1.165) is 5.56 Å². The fraction of sp³-hybridized carbons (Fsp3) is 0.174. The zero-order valence-electron chi connectivity index (χ0n) is 18.4. The summed E-state index contributed by atoms with van der Waals surface area (Å²) in [6.45, 7) is -0.102. The van der Waals surface area contributed by atoms with Crippen molar-refractivity contribution in [2.24, 2.45) is 0 Å². The van der Waals surface area contributed by atoms with Gasteiger partial charge in [0.2, 0.25) is 10.7 Å². The maximum atomic E-state index is 12.9. The summed E-state index contributed by atoms with van der Waals surface area (Å²) in [6.07, 6.45) is 3.70. The van der Waals surface area contributed by atoms with Crippen molar-refractivity contribution in [2.45, 2.75) is 6.54 Å². The number of hydrogen-bond donors (Lipinski definition) is 1. The first-order valence-corrected chi connectivity index (χ1v) is 10.4. The van der Waals surface area contributed by atoms with Gasteiger partial charge in [-0.25, -0.2) is 9.36 Å². The molecule has 0 aliphatic carbocycles. The highest BCUT2D eigenvalue weighted by Gasteiger charge is 2.19. The second-order valence-electron chi connectivity index (χ2n) is 6.95. The van der Waals surface area contributed by atoms with E-state index in [9.17, 15) is 4.79 Å². The molecule has 2 aromatic heterocycles. The highest BCUT2D eigenvalue weighted by Crippen LogP contribution is 2.30. The molecule has 170 valence electrons. The number of ether oxygens (including phenoxy) is 3. The fourth-order valence-corrected chi connectivity index (χ4v) is 3.69. The van der Waals surface area contributed by atoms with Gasteiger partial charge in [-0.05, 0) is 48.6 Å². The van der Waals surface area contributed by atoms with Gasteiger partial charge in [0.05, 0.1) is 32.6 Å². The Morgan fingerprint density at radius 3 is 2.39 bits per heavy atom. The molecule has 0 aliphatic heterocycles. The van der Waals surface area contributed by atoms with Gasteiger partial charge in [0.25, 0.3) is 0 Å². The van der Waals surface area contributed by atoms with Crippen molar-refractivity contribution in [3.05, 3.63) is 71.8 Å². The van der Waals surface area contributed by atoms with E-state index in [1.165, 1.54) is 11.8 Å². The minimum atomic E-state index is -0.318. The highest BCUT2D eigenvalue weighted by atomic mass is 32.1. The summed E-state index contributed by atoms with van der Waals surface area (Å²) in [4.78, 5) is 12.9. The summed E-state index contributed by atoms with van der Waals surface area (Å²) in [5.41, 5.74) is 1.23. The molecule has 2 aromatic carbocycles. The van der Waals surface area contributed by atoms with Gasteiger partial charge in [0.15, 0.2) is 5.82 Å². The molecule has 0 atom stereocenters. The second kappa shape index (κ2) is 9.61. The lowest BCUT2D eigenvalue weighted by Crippen LogP contribution is -2.20. The van der Waals surface area contributed by atoms with E-state index in [1.807, 2.05) is 48.8 Å². The number of benzene rings is 2. The van der Waals surface area contributed by atoms with Crippen molar-refractivity contribution in [1.82, 2.24) is 19.1 Å². The molecule has 10 heteroatoms. The summed E-state index contributed by atoms with van der Waals surface area (Å²) in [7, 11) is 4.69. The Hall–Kier alpha value is -4.05. The Bertz CT molecular complexity index is 1330. The lowest BCUT2D eigenvalue weighted by molar-refractivity contribution is -0.116. The molecule has 4 aromatic rings. The Morgan fingerprint density at radius 1 is 0.970 bits per heavy atom. The van der Waals surface area contributed by atoms with Crippen LogP contribution in [0, 0.1) is 4.77 Å². The third kappa shape index (κ3) is 4.46. The van der Waals surface area contributed by atoms with Crippen LogP contribution in [0.3, 0.4) is 0 Å². The SMILES string of the molecule is COc1ccc(OC)c(NC(=O)Cn2nc(-c3ccccc3OC)n(-n3cccc3)c2=S)c1. The van der Waals surface area contributed by atoms with Crippen LogP contribution in [0.1, 0.15) is 0 Å². The van der Waals surface area contributed by atoms with Crippen molar-refractivity contribution in [2.75, 3.05) is 26.6 Å². The van der Waals surface area contributed by atoms with E-state index in [2.05, 4.69) is 10.4 Å². The maximum absolute atomic E-state index is 12.9. The van der Waals surface area contributed by atoms with Crippen LogP contribution < -0.4 is 19.5 Å². The number of nitrogens with one attached hydrogen (secondary N) is 1. The Kier molecular flexibility index (Phi) is 6.45. The molecule has 2 heterocycles. The van der Waals surface area contributed by atoms with Gasteiger partial charge in [0, 0.05) is 18.5 Å². The zero-order chi connectivity index (χ0) is 23.4. The molecule has 0 saturated heterocycles. The van der Waals surface area contributed by atoms with E-state index in [1.54, 1.807) is 41.8 Å². The molecule has 0 unspecified atom stereocenters. The van der Waals surface area contributed by atoms with Gasteiger partial charge < -0.3 is 19.5 Å². The van der Waals surface area contributed by atoms with Crippen molar-refractivity contribution >= 4 is 23.8 Å². The quantitative estimate of drug-likeness (QED) is 0.398. The Labute approximate surface area is 195 Å². The van der Waals surface area contributed by atoms with Crippen LogP contribution in [-0.2, 0) is 11.3 Å². The first-order chi connectivity index (χ1) is 16.0. The molecule has 0 aliphatic rings. The molecule has 0 radical (unpaired) electrons. The van der Waals surface area contributed by atoms with Gasteiger partial charge in [-0.1, -0.05) is 12.1 Å². The Morgan fingerprint density at radius 2 is 1.70 bits per heavy atom. The first kappa shape index (κ1) is 22.2. The Balaban J connectivity index is 1.71. The standard InChI is InChI=1S/C23H23N5O4S/c1-30-16-10-11-20(32-3)18(14-16)24-21(29)15-27-23(33)28(26-12-6-7-13-26)22(25-27)17-8-4-5-9-19(17)31-2/h4-14H,15H2,1-3H3,(H,24,29). The average Bonchev–Trinajstić information content (AvgIpc) is 3.47. The van der Waals surface area contributed by atoms with Crippen LogP contribution >= 0.6 is 12.2 Å². The highest BCUT2D eigenvalue weighted by molar-refractivity contribution is 7.71. The summed E-state index contributed by atoms with van der Waals surface area (Å²) >= 11 is 5.69. The van der Waals surface area contributed by atoms with Gasteiger partial charge in [-0.2, -0.15) is 0 Å². The smallest absolute Gasteiger partial charge is 0.246 e. The molecule has 9 nitrogen and oxygen atoms in total. The van der Waals surface area contributed by atoms with Crippen LogP contribution in [0.25, 0.3) is 11.4 Å². The monoisotopic (exact) mass is 465 g/mol. The molecule has 4 rings (SSSR count). The van der Waals surface area contributed by atoms with E-state index < -0.39 is 0 Å². The fourth-order valence-electron chi connectivity index (χ4n) is 3.40. The molecule has 0 saturated carbocycles. The molecule has 0 fully saturated rings. The minimum absolute atomic E-state index is 0.102. The lowest BCUT2D eigenvalue weighted by atomic mass is 10.2. The molecular formula is C23H23N5O4S. The third-order valence-corrected chi connectivity index (χ3v) is 5.34. The number of carbonyl (C=O) groups is 1. The maximum Gasteiger partial charge on any atom is 0.246 e. The van der Waals surface area contributed by atoms with E-state index in [-0.39, 0.29) is 12.5 Å². The van der Waals surface area contributed by atoms with Gasteiger partial charge >= 0.3 is 0 Å². The average molecular weight is 466 g/mol. The second-order valence-corrected chi connectivity index (χ2v) is 7.32. The molecule has 1 amide bonds. The summed E-state index contributed by atoms with van der Waals surface area (Å²) in [5, 5.41) is 7.51. The largest absolute Gasteiger partial charge is 0.497 e. The van der Waals surface area contributed by atoms with E-state index >= 15 is 0 Å². The summed E-state index contributed by atoms with van der Waals surface area (Å²) < 4.78 is 21.5. The number of hydrogen-bond acceptors (Lipinski definition) is 6. The number of amides is 1. The zero-order valence-corrected chi connectivity index (χ0v) is 19.2. The predicted octanol–water partition coefficient (Wildman–Crippen LogP) is 3.86. The normalized spacial score (nSPS) is 10.6. The molecule has 1 N–H and O–H groups in total. The van der Waals surface area contributed by atoms with Crippen LogP contribution in [0.2, 0.25) is 0 Å². The lowest BCUT2D eigenvalue weighted by Gasteiger charge is -2.11. The number of carbonyl (C=O) groups excluding carboxylic acids is 1. The van der Waals surface area contributed by atoms with Gasteiger partial charge in [-0.3, -0.25) is 9.47 Å². The van der Waals surface area contributed by atoms with Crippen molar-refractivity contribution in [1.29, 1.82) is 0 Å². The molecule has 0 spiro atoms. The molecular weight excluding hydrogens is 442 g/mol. The third-order valence-electron chi connectivity index (χ3n) is 4.96. The van der Waals surface area contributed by atoms with E-state index in [0.29, 0.717) is 33.5 Å². The number of anilines is 1. The predicted molar refractivity (Wildman–Crippen MR) is 126 cm³/mol. The number of rotatable bonds is 8. The van der Waals surface area contributed by atoms with Crippen LogP contribution in [0.5, 0.6) is 17.2 Å². The summed E-state index contributed by atoms with van der Waals surface area (Å²) in [5.74, 6) is 1.98. The van der Waals surface area contributed by atoms with Crippen molar-refractivity contribution < 1.29 is 19.0 Å². The number of nitrogens with zero attached hydrogens (tertiary/aromatic N) is 4.